The summed E-state index contributed by atoms with van der Waals surface area (Å²) < 4.78 is 12.9. The summed E-state index contributed by atoms with van der Waals surface area (Å²) in [6.07, 6.45) is 0.982. The molecule has 0 bridgehead atoms. The predicted octanol–water partition coefficient (Wildman–Crippen LogP) is 3.00. The van der Waals surface area contributed by atoms with Gasteiger partial charge in [0.05, 0.1) is 17.3 Å². The molecule has 1 aromatic carbocycles. The van der Waals surface area contributed by atoms with E-state index in [0.29, 0.717) is 0 Å². The molecule has 0 saturated carbocycles. The van der Waals surface area contributed by atoms with Gasteiger partial charge in [0.2, 0.25) is 0 Å². The smallest absolute Gasteiger partial charge is 0.140 e. The van der Waals surface area contributed by atoms with Gasteiger partial charge in [0.25, 0.3) is 0 Å². The maximum absolute atomic E-state index is 5.54. The molecular weight excluding hydrogens is 347 g/mol. The Hall–Kier alpha value is 0.0300. The zero-order valence-corrected chi connectivity index (χ0v) is 10.8. The average molecular weight is 355 g/mol. The molecule has 4 heteroatoms. The van der Waals surface area contributed by atoms with E-state index in [9.17, 15) is 0 Å². The molecule has 0 aromatic heterocycles. The van der Waals surface area contributed by atoms with Gasteiger partial charge in [-0.05, 0) is 28.7 Å². The van der Waals surface area contributed by atoms with Crippen LogP contribution in [0, 0.1) is 3.57 Å². The first kappa shape index (κ1) is 9.58. The molecule has 0 unspecified atom stereocenters. The first-order chi connectivity index (χ1) is 6.24. The van der Waals surface area contributed by atoms with Gasteiger partial charge in [-0.15, -0.1) is 0 Å². The molecule has 0 amide bonds. The summed E-state index contributed by atoms with van der Waals surface area (Å²) in [5.74, 6) is 1.85. The van der Waals surface area contributed by atoms with Crippen molar-refractivity contribution in [2.75, 3.05) is 13.7 Å². The third-order valence-corrected chi connectivity index (χ3v) is 3.78. The van der Waals surface area contributed by atoms with Gasteiger partial charge in [0.1, 0.15) is 11.5 Å². The van der Waals surface area contributed by atoms with Gasteiger partial charge in [0.15, 0.2) is 0 Å². The van der Waals surface area contributed by atoms with Crippen LogP contribution in [0.3, 0.4) is 0 Å². The second kappa shape index (κ2) is 3.65. The number of methoxy groups -OCH3 is 1. The SMILES string of the molecule is COc1cc(Br)c2c(c1I)OCC2. The summed E-state index contributed by atoms with van der Waals surface area (Å²) in [6.45, 7) is 0.775. The average Bonchev–Trinajstić information content (AvgIpc) is 2.60. The van der Waals surface area contributed by atoms with Crippen LogP contribution in [-0.2, 0) is 6.42 Å². The molecule has 1 heterocycles. The molecule has 2 rings (SSSR count). The third-order valence-electron chi connectivity index (χ3n) is 2.05. The number of halogens is 2. The van der Waals surface area contributed by atoms with Crippen molar-refractivity contribution in [3.63, 3.8) is 0 Å². The minimum atomic E-state index is 0.775. The van der Waals surface area contributed by atoms with Crippen molar-refractivity contribution in [2.45, 2.75) is 6.42 Å². The first-order valence-corrected chi connectivity index (χ1v) is 5.79. The second-order valence-electron chi connectivity index (χ2n) is 2.78. The number of hydrogen-bond donors (Lipinski definition) is 0. The molecule has 0 spiro atoms. The highest BCUT2D eigenvalue weighted by Gasteiger charge is 2.21. The molecule has 13 heavy (non-hydrogen) atoms. The lowest BCUT2D eigenvalue weighted by Crippen LogP contribution is -1.92. The van der Waals surface area contributed by atoms with E-state index in [1.165, 1.54) is 5.56 Å². The summed E-state index contributed by atoms with van der Waals surface area (Å²) >= 11 is 5.76. The zero-order chi connectivity index (χ0) is 9.42. The maximum Gasteiger partial charge on any atom is 0.140 e. The van der Waals surface area contributed by atoms with E-state index in [0.717, 1.165) is 32.6 Å². The Morgan fingerprint density at radius 3 is 3.08 bits per heavy atom. The normalized spacial score (nSPS) is 13.8. The molecule has 0 saturated heterocycles. The molecule has 1 aliphatic rings. The molecule has 1 aliphatic heterocycles. The van der Waals surface area contributed by atoms with Gasteiger partial charge in [-0.3, -0.25) is 0 Å². The van der Waals surface area contributed by atoms with Crippen LogP contribution in [0.5, 0.6) is 11.5 Å². The van der Waals surface area contributed by atoms with E-state index in [1.54, 1.807) is 7.11 Å². The number of hydrogen-bond acceptors (Lipinski definition) is 2. The van der Waals surface area contributed by atoms with Crippen LogP contribution < -0.4 is 9.47 Å². The fraction of sp³-hybridized carbons (Fsp3) is 0.333. The van der Waals surface area contributed by atoms with E-state index >= 15 is 0 Å². The molecular formula is C9H8BrIO2. The number of rotatable bonds is 1. The minimum Gasteiger partial charge on any atom is -0.495 e. The Morgan fingerprint density at radius 1 is 1.62 bits per heavy atom. The maximum atomic E-state index is 5.54. The van der Waals surface area contributed by atoms with Crippen LogP contribution >= 0.6 is 38.5 Å². The molecule has 1 aromatic rings. The minimum absolute atomic E-state index is 0.775. The largest absolute Gasteiger partial charge is 0.495 e. The van der Waals surface area contributed by atoms with Crippen LogP contribution in [-0.4, -0.2) is 13.7 Å². The lowest BCUT2D eigenvalue weighted by atomic mass is 10.2. The Kier molecular flexibility index (Phi) is 2.69. The highest BCUT2D eigenvalue weighted by Crippen LogP contribution is 2.41. The highest BCUT2D eigenvalue weighted by atomic mass is 127. The Labute approximate surface area is 98.9 Å². The molecule has 70 valence electrons. The van der Waals surface area contributed by atoms with Crippen molar-refractivity contribution in [3.8, 4) is 11.5 Å². The molecule has 0 aliphatic carbocycles. The summed E-state index contributed by atoms with van der Waals surface area (Å²) in [5, 5.41) is 0. The van der Waals surface area contributed by atoms with Crippen molar-refractivity contribution in [3.05, 3.63) is 19.7 Å². The monoisotopic (exact) mass is 354 g/mol. The molecule has 0 fully saturated rings. The Morgan fingerprint density at radius 2 is 2.38 bits per heavy atom. The fourth-order valence-corrected chi connectivity index (χ4v) is 2.85. The van der Waals surface area contributed by atoms with E-state index in [2.05, 4.69) is 38.5 Å². The highest BCUT2D eigenvalue weighted by molar-refractivity contribution is 14.1. The summed E-state index contributed by atoms with van der Waals surface area (Å²) in [4.78, 5) is 0. The van der Waals surface area contributed by atoms with Crippen LogP contribution in [0.2, 0.25) is 0 Å². The quantitative estimate of drug-likeness (QED) is 0.722. The van der Waals surface area contributed by atoms with E-state index in [-0.39, 0.29) is 0 Å². The number of benzene rings is 1. The van der Waals surface area contributed by atoms with Crippen LogP contribution in [0.15, 0.2) is 10.5 Å². The third kappa shape index (κ3) is 1.54. The van der Waals surface area contributed by atoms with Crippen molar-refractivity contribution in [1.82, 2.24) is 0 Å². The predicted molar refractivity (Wildman–Crippen MR) is 62.6 cm³/mol. The van der Waals surface area contributed by atoms with Crippen LogP contribution in [0.4, 0.5) is 0 Å². The second-order valence-corrected chi connectivity index (χ2v) is 4.71. The number of ether oxygens (including phenoxy) is 2. The van der Waals surface area contributed by atoms with Gasteiger partial charge in [-0.1, -0.05) is 15.9 Å². The van der Waals surface area contributed by atoms with Gasteiger partial charge in [0, 0.05) is 16.5 Å². The van der Waals surface area contributed by atoms with Crippen molar-refractivity contribution >= 4 is 38.5 Å². The lowest BCUT2D eigenvalue weighted by molar-refractivity contribution is 0.349. The first-order valence-electron chi connectivity index (χ1n) is 3.91. The standard InChI is InChI=1S/C9H8BrIO2/c1-12-7-4-6(10)5-2-3-13-9(5)8(7)11/h4H,2-3H2,1H3. The van der Waals surface area contributed by atoms with Crippen molar-refractivity contribution in [2.24, 2.45) is 0 Å². The molecule has 0 N–H and O–H groups in total. The van der Waals surface area contributed by atoms with Gasteiger partial charge >= 0.3 is 0 Å². The van der Waals surface area contributed by atoms with Gasteiger partial charge < -0.3 is 9.47 Å². The Bertz CT molecular complexity index is 352. The Balaban J connectivity index is 2.62. The van der Waals surface area contributed by atoms with E-state index in [1.807, 2.05) is 6.07 Å². The topological polar surface area (TPSA) is 18.5 Å². The van der Waals surface area contributed by atoms with E-state index < -0.39 is 0 Å². The summed E-state index contributed by atoms with van der Waals surface area (Å²) in [6, 6.07) is 2.00. The zero-order valence-electron chi connectivity index (χ0n) is 7.06. The van der Waals surface area contributed by atoms with Crippen molar-refractivity contribution < 1.29 is 9.47 Å². The number of fused-ring (bicyclic) bond motifs is 1. The van der Waals surface area contributed by atoms with Gasteiger partial charge in [-0.25, -0.2) is 0 Å². The fourth-order valence-electron chi connectivity index (χ4n) is 1.41. The molecule has 0 radical (unpaired) electrons. The van der Waals surface area contributed by atoms with Gasteiger partial charge in [-0.2, -0.15) is 0 Å². The summed E-state index contributed by atoms with van der Waals surface area (Å²) in [5.41, 5.74) is 1.25. The van der Waals surface area contributed by atoms with Crippen LogP contribution in [0.25, 0.3) is 0 Å². The molecule has 2 nitrogen and oxygen atoms in total. The molecule has 0 atom stereocenters. The van der Waals surface area contributed by atoms with E-state index in [4.69, 9.17) is 9.47 Å². The van der Waals surface area contributed by atoms with Crippen molar-refractivity contribution in [1.29, 1.82) is 0 Å². The lowest BCUT2D eigenvalue weighted by Gasteiger charge is -2.09. The van der Waals surface area contributed by atoms with Crippen LogP contribution in [0.1, 0.15) is 5.56 Å². The summed E-state index contributed by atoms with van der Waals surface area (Å²) in [7, 11) is 1.67.